The summed E-state index contributed by atoms with van der Waals surface area (Å²) in [7, 11) is 0. The summed E-state index contributed by atoms with van der Waals surface area (Å²) in [5.41, 5.74) is 3.61. The van der Waals surface area contributed by atoms with Crippen molar-refractivity contribution >= 4 is 11.6 Å². The molecule has 0 spiro atoms. The molecular weight excluding hydrogens is 254 g/mol. The predicted octanol–water partition coefficient (Wildman–Crippen LogP) is 2.17. The maximum Gasteiger partial charge on any atom is 0.227 e. The number of anilines is 1. The van der Waals surface area contributed by atoms with Gasteiger partial charge in [0.05, 0.1) is 11.9 Å². The lowest BCUT2D eigenvalue weighted by Gasteiger charge is -2.21. The topological polar surface area (TPSA) is 78.0 Å². The molecule has 1 aliphatic carbocycles. The molecule has 2 aromatic rings. The van der Waals surface area contributed by atoms with E-state index in [9.17, 15) is 9.90 Å². The largest absolute Gasteiger partial charge is 0.506 e. The Morgan fingerprint density at radius 3 is 3.15 bits per heavy atom. The highest BCUT2D eigenvalue weighted by Crippen LogP contribution is 2.29. The smallest absolute Gasteiger partial charge is 0.227 e. The number of hydrogen-bond acceptors (Lipinski definition) is 3. The molecule has 0 saturated carbocycles. The van der Waals surface area contributed by atoms with Crippen LogP contribution in [-0.2, 0) is 17.6 Å². The van der Waals surface area contributed by atoms with E-state index >= 15 is 0 Å². The van der Waals surface area contributed by atoms with Crippen LogP contribution < -0.4 is 5.32 Å². The van der Waals surface area contributed by atoms with E-state index in [-0.39, 0.29) is 17.6 Å². The van der Waals surface area contributed by atoms with E-state index in [1.807, 2.05) is 19.2 Å². The summed E-state index contributed by atoms with van der Waals surface area (Å²) in [5, 5.41) is 19.6. The summed E-state index contributed by atoms with van der Waals surface area (Å²) in [6, 6.07) is 5.21. The average molecular weight is 271 g/mol. The van der Waals surface area contributed by atoms with Crippen LogP contribution in [0.2, 0.25) is 0 Å². The van der Waals surface area contributed by atoms with Crippen molar-refractivity contribution in [1.82, 2.24) is 10.2 Å². The van der Waals surface area contributed by atoms with Crippen LogP contribution in [0.15, 0.2) is 24.4 Å². The second-order valence-corrected chi connectivity index (χ2v) is 5.27. The fourth-order valence-electron chi connectivity index (χ4n) is 2.67. The molecule has 1 amide bonds. The van der Waals surface area contributed by atoms with Gasteiger partial charge in [-0.2, -0.15) is 5.10 Å². The number of nitrogens with one attached hydrogen (secondary N) is 2. The molecule has 104 valence electrons. The van der Waals surface area contributed by atoms with Gasteiger partial charge in [0.2, 0.25) is 5.91 Å². The van der Waals surface area contributed by atoms with Gasteiger partial charge in [0, 0.05) is 18.0 Å². The highest BCUT2D eigenvalue weighted by molar-refractivity contribution is 5.95. The first-order valence-electron chi connectivity index (χ1n) is 6.75. The minimum absolute atomic E-state index is 0.0464. The number of fused-ring (bicyclic) bond motifs is 1. The fraction of sp³-hybridized carbons (Fsp3) is 0.333. The number of H-pyrrole nitrogens is 1. The summed E-state index contributed by atoms with van der Waals surface area (Å²) in [6.45, 7) is 1.86. The maximum atomic E-state index is 12.3. The molecule has 1 aliphatic rings. The van der Waals surface area contributed by atoms with E-state index in [2.05, 4.69) is 15.5 Å². The first-order chi connectivity index (χ1) is 9.65. The number of phenols is 1. The van der Waals surface area contributed by atoms with Crippen molar-refractivity contribution in [3.63, 3.8) is 0 Å². The van der Waals surface area contributed by atoms with Gasteiger partial charge in [-0.3, -0.25) is 9.89 Å². The molecule has 1 unspecified atom stereocenters. The molecule has 3 rings (SSSR count). The second-order valence-electron chi connectivity index (χ2n) is 5.27. The molecular formula is C15H17N3O2. The van der Waals surface area contributed by atoms with Crippen molar-refractivity contribution in [2.24, 2.45) is 5.92 Å². The summed E-state index contributed by atoms with van der Waals surface area (Å²) >= 11 is 0. The zero-order chi connectivity index (χ0) is 14.1. The van der Waals surface area contributed by atoms with Crippen molar-refractivity contribution in [1.29, 1.82) is 0 Å². The van der Waals surface area contributed by atoms with E-state index in [1.165, 1.54) is 5.56 Å². The summed E-state index contributed by atoms with van der Waals surface area (Å²) in [5.74, 6) is -0.0202. The molecule has 5 nitrogen and oxygen atoms in total. The molecule has 0 bridgehead atoms. The first-order valence-corrected chi connectivity index (χ1v) is 6.75. The van der Waals surface area contributed by atoms with Gasteiger partial charge < -0.3 is 10.4 Å². The first kappa shape index (κ1) is 12.7. The number of benzene rings is 1. The third-order valence-corrected chi connectivity index (χ3v) is 3.89. The van der Waals surface area contributed by atoms with Crippen molar-refractivity contribution in [3.05, 3.63) is 41.2 Å². The number of carbonyl (C=O) groups is 1. The van der Waals surface area contributed by atoms with Crippen LogP contribution in [-0.4, -0.2) is 21.2 Å². The van der Waals surface area contributed by atoms with Crippen molar-refractivity contribution < 1.29 is 9.90 Å². The Labute approximate surface area is 117 Å². The number of rotatable bonds is 2. The van der Waals surface area contributed by atoms with E-state index in [1.54, 1.807) is 12.1 Å². The van der Waals surface area contributed by atoms with Gasteiger partial charge in [0.25, 0.3) is 0 Å². The van der Waals surface area contributed by atoms with Crippen LogP contribution in [0, 0.1) is 12.8 Å². The van der Waals surface area contributed by atoms with Crippen molar-refractivity contribution in [2.45, 2.75) is 26.2 Å². The minimum Gasteiger partial charge on any atom is -0.506 e. The van der Waals surface area contributed by atoms with Gasteiger partial charge in [0.1, 0.15) is 5.75 Å². The van der Waals surface area contributed by atoms with E-state index in [0.29, 0.717) is 12.1 Å². The van der Waals surface area contributed by atoms with Gasteiger partial charge >= 0.3 is 0 Å². The fourth-order valence-corrected chi connectivity index (χ4v) is 2.67. The number of nitrogens with zero attached hydrogens (tertiary/aromatic N) is 1. The molecule has 0 radical (unpaired) electrons. The quantitative estimate of drug-likeness (QED) is 0.732. The molecule has 1 aromatic carbocycles. The molecule has 3 N–H and O–H groups in total. The molecule has 5 heteroatoms. The number of carbonyl (C=O) groups excluding carboxylic acids is 1. The molecule has 0 saturated heterocycles. The Morgan fingerprint density at radius 2 is 2.35 bits per heavy atom. The van der Waals surface area contributed by atoms with Crippen LogP contribution in [0.3, 0.4) is 0 Å². The zero-order valence-corrected chi connectivity index (χ0v) is 11.3. The van der Waals surface area contributed by atoms with Crippen molar-refractivity contribution in [2.75, 3.05) is 5.32 Å². The summed E-state index contributed by atoms with van der Waals surface area (Å²) in [4.78, 5) is 12.3. The number of phenolic OH excluding ortho intramolecular Hbond substituents is 1. The lowest BCUT2D eigenvalue weighted by Crippen LogP contribution is -2.28. The predicted molar refractivity (Wildman–Crippen MR) is 75.6 cm³/mol. The average Bonchev–Trinajstić information content (AvgIpc) is 2.90. The number of amides is 1. The third-order valence-electron chi connectivity index (χ3n) is 3.89. The van der Waals surface area contributed by atoms with Crippen molar-refractivity contribution in [3.8, 4) is 5.75 Å². The lowest BCUT2D eigenvalue weighted by atomic mass is 9.87. The van der Waals surface area contributed by atoms with E-state index < -0.39 is 0 Å². The highest BCUT2D eigenvalue weighted by atomic mass is 16.3. The van der Waals surface area contributed by atoms with E-state index in [4.69, 9.17) is 0 Å². The number of para-hydroxylation sites is 1. The van der Waals surface area contributed by atoms with Crippen LogP contribution in [0.25, 0.3) is 0 Å². The maximum absolute atomic E-state index is 12.3. The van der Waals surface area contributed by atoms with Gasteiger partial charge in [-0.15, -0.1) is 0 Å². The number of aromatic hydroxyl groups is 1. The highest BCUT2D eigenvalue weighted by Gasteiger charge is 2.26. The van der Waals surface area contributed by atoms with Crippen LogP contribution in [0.5, 0.6) is 5.75 Å². The minimum atomic E-state index is -0.0815. The molecule has 0 fully saturated rings. The number of aryl methyl sites for hydroxylation is 2. The van der Waals surface area contributed by atoms with Gasteiger partial charge in [-0.1, -0.05) is 12.1 Å². The van der Waals surface area contributed by atoms with E-state index in [0.717, 1.165) is 24.1 Å². The molecule has 1 aromatic heterocycles. The molecule has 0 aliphatic heterocycles. The molecule has 1 heterocycles. The number of hydrogen-bond donors (Lipinski definition) is 3. The van der Waals surface area contributed by atoms with Gasteiger partial charge in [-0.05, 0) is 37.0 Å². The Morgan fingerprint density at radius 1 is 1.50 bits per heavy atom. The Balaban J connectivity index is 1.75. The standard InChI is InChI=1S/C15H17N3O2/c1-9-3-2-4-13(19)14(9)17-15(20)10-5-6-11-8-16-18-12(11)7-10/h2-4,8,10,19H,5-7H2,1H3,(H,16,18)(H,17,20). The zero-order valence-electron chi connectivity index (χ0n) is 11.3. The lowest BCUT2D eigenvalue weighted by molar-refractivity contribution is -0.120. The Kier molecular flexibility index (Phi) is 3.18. The summed E-state index contributed by atoms with van der Waals surface area (Å²) in [6.07, 6.45) is 4.18. The van der Waals surface area contributed by atoms with Gasteiger partial charge in [0.15, 0.2) is 0 Å². The summed E-state index contributed by atoms with van der Waals surface area (Å²) < 4.78 is 0. The SMILES string of the molecule is Cc1cccc(O)c1NC(=O)C1CCc2cn[nH]c2C1. The Bertz CT molecular complexity index is 628. The van der Waals surface area contributed by atoms with Crippen LogP contribution >= 0.6 is 0 Å². The number of aromatic nitrogens is 2. The monoisotopic (exact) mass is 271 g/mol. The second kappa shape index (κ2) is 5.00. The Hall–Kier alpha value is -2.30. The van der Waals surface area contributed by atoms with Crippen LogP contribution in [0.1, 0.15) is 23.2 Å². The normalized spacial score (nSPS) is 17.6. The molecule has 1 atom stereocenters. The van der Waals surface area contributed by atoms with Gasteiger partial charge in [-0.25, -0.2) is 0 Å². The van der Waals surface area contributed by atoms with Crippen LogP contribution in [0.4, 0.5) is 5.69 Å². The number of aromatic amines is 1. The molecule has 20 heavy (non-hydrogen) atoms. The third kappa shape index (κ3) is 2.27.